The lowest BCUT2D eigenvalue weighted by atomic mass is 10.3. The van der Waals surface area contributed by atoms with E-state index in [2.05, 4.69) is 26.6 Å². The lowest BCUT2D eigenvalue weighted by Gasteiger charge is -2.19. The summed E-state index contributed by atoms with van der Waals surface area (Å²) in [5, 5.41) is 6.59. The van der Waals surface area contributed by atoms with Crippen LogP contribution >= 0.6 is 9.07 Å². The molecule has 1 heterocycles. The molecule has 2 nitrogen and oxygen atoms in total. The standard InChI is InChI=1S/C5H12N2.ClH.Mg/c1-5-4-6-2-3-7-5;;/h5-7H,2-4H2,1H3;1H;/q;;+3/p-1. The summed E-state index contributed by atoms with van der Waals surface area (Å²) in [6.45, 7) is 5.57. The van der Waals surface area contributed by atoms with E-state index in [1.165, 1.54) is 20.6 Å². The molecule has 0 aliphatic carbocycles. The van der Waals surface area contributed by atoms with Gasteiger partial charge in [-0.3, -0.25) is 0 Å². The first-order valence-electron chi connectivity index (χ1n) is 3.10. The topological polar surface area (TPSA) is 24.1 Å². The van der Waals surface area contributed by atoms with Gasteiger partial charge in [-0.2, -0.15) is 0 Å². The van der Waals surface area contributed by atoms with Gasteiger partial charge in [0.15, 0.2) is 0 Å². The van der Waals surface area contributed by atoms with Crippen molar-refractivity contribution in [1.82, 2.24) is 10.6 Å². The smallest absolute Gasteiger partial charge is 0.314 e. The molecule has 1 saturated heterocycles. The van der Waals surface area contributed by atoms with Gasteiger partial charge in [-0.25, -0.2) is 0 Å². The van der Waals surface area contributed by atoms with E-state index < -0.39 is 0 Å². The van der Waals surface area contributed by atoms with Gasteiger partial charge in [-0.1, -0.05) is 0 Å². The quantitative estimate of drug-likeness (QED) is 0.482. The maximum absolute atomic E-state index is 4.67. The van der Waals surface area contributed by atoms with Crippen molar-refractivity contribution in [2.75, 3.05) is 19.6 Å². The van der Waals surface area contributed by atoms with E-state index in [4.69, 9.17) is 0 Å². The molecule has 1 fully saturated rings. The number of piperazine rings is 1. The van der Waals surface area contributed by atoms with Crippen LogP contribution < -0.4 is 10.6 Å². The highest BCUT2D eigenvalue weighted by Crippen LogP contribution is 1.80. The molecule has 1 aliphatic heterocycles. The van der Waals surface area contributed by atoms with Gasteiger partial charge in [0.05, 0.1) is 0 Å². The van der Waals surface area contributed by atoms with E-state index in [1.54, 1.807) is 0 Å². The van der Waals surface area contributed by atoms with Crippen molar-refractivity contribution in [3.63, 3.8) is 0 Å². The van der Waals surface area contributed by atoms with Crippen LogP contribution in [0.4, 0.5) is 0 Å². The largest absolute Gasteiger partial charge is 1.59 e. The molecule has 49 valence electrons. The third kappa shape index (κ3) is 5.42. The van der Waals surface area contributed by atoms with E-state index in [9.17, 15) is 0 Å². The second-order valence-corrected chi connectivity index (χ2v) is 2.06. The van der Waals surface area contributed by atoms with E-state index in [0.29, 0.717) is 6.04 Å². The van der Waals surface area contributed by atoms with E-state index in [0.717, 1.165) is 19.6 Å². The minimum Gasteiger partial charge on any atom is -0.314 e. The minimum atomic E-state index is 0.675. The first-order valence-corrected chi connectivity index (χ1v) is 5.24. The first kappa shape index (κ1) is 9.98. The summed E-state index contributed by atoms with van der Waals surface area (Å²) in [5.41, 5.74) is 0. The highest BCUT2D eigenvalue weighted by atomic mass is 35.5. The van der Waals surface area contributed by atoms with Crippen LogP contribution in [0.3, 0.4) is 0 Å². The summed E-state index contributed by atoms with van der Waals surface area (Å²) in [4.78, 5) is 0. The number of nitrogens with one attached hydrogen (secondary N) is 2. The zero-order valence-corrected chi connectivity index (χ0v) is 7.95. The van der Waals surface area contributed by atoms with E-state index in [1.807, 2.05) is 0 Å². The Kier molecular flexibility index (Phi) is 7.86. The molecule has 0 spiro atoms. The van der Waals surface area contributed by atoms with Crippen LogP contribution in [0.15, 0.2) is 0 Å². The number of hydrogen-bond donors (Lipinski definition) is 2. The van der Waals surface area contributed by atoms with Gasteiger partial charge in [-0.05, 0) is 6.92 Å². The molecule has 0 aromatic rings. The fourth-order valence-electron chi connectivity index (χ4n) is 0.798. The van der Waals surface area contributed by atoms with Crippen LogP contribution in [0, 0.1) is 0 Å². The van der Waals surface area contributed by atoms with Crippen molar-refractivity contribution in [2.24, 2.45) is 0 Å². The number of halogens is 1. The Morgan fingerprint density at radius 3 is 2.33 bits per heavy atom. The lowest BCUT2D eigenvalue weighted by molar-refractivity contribution is 0.442. The Morgan fingerprint density at radius 1 is 1.44 bits per heavy atom. The van der Waals surface area contributed by atoms with Gasteiger partial charge >= 0.3 is 29.7 Å². The molecule has 4 heteroatoms. The van der Waals surface area contributed by atoms with Crippen molar-refractivity contribution in [2.45, 2.75) is 13.0 Å². The maximum atomic E-state index is 4.67. The minimum absolute atomic E-state index is 0.675. The maximum Gasteiger partial charge on any atom is 1.59 e. The highest BCUT2D eigenvalue weighted by molar-refractivity contribution is 6.80. The Morgan fingerprint density at radius 2 is 2.11 bits per heavy atom. The monoisotopic (exact) mass is 159 g/mol. The van der Waals surface area contributed by atoms with Crippen LogP contribution in [0.5, 0.6) is 0 Å². The molecule has 0 aromatic heterocycles. The van der Waals surface area contributed by atoms with Crippen LogP contribution in [0.2, 0.25) is 0 Å². The van der Waals surface area contributed by atoms with Gasteiger partial charge in [0.1, 0.15) is 0 Å². The van der Waals surface area contributed by atoms with Crippen LogP contribution in [-0.2, 0) is 0 Å². The summed E-state index contributed by atoms with van der Waals surface area (Å²) >= 11 is 1.33. The molecule has 2 N–H and O–H groups in total. The Labute approximate surface area is 72.9 Å². The average Bonchev–Trinajstić information content (AvgIpc) is 1.94. The van der Waals surface area contributed by atoms with Gasteiger partial charge in [0.25, 0.3) is 0 Å². The summed E-state index contributed by atoms with van der Waals surface area (Å²) in [6, 6.07) is 0.675. The third-order valence-corrected chi connectivity index (χ3v) is 1.25. The van der Waals surface area contributed by atoms with E-state index >= 15 is 0 Å². The summed E-state index contributed by atoms with van der Waals surface area (Å²) in [7, 11) is 4.67. The zero-order chi connectivity index (χ0) is 7.11. The van der Waals surface area contributed by atoms with Crippen molar-refractivity contribution < 1.29 is 0 Å². The van der Waals surface area contributed by atoms with Gasteiger partial charge < -0.3 is 10.6 Å². The summed E-state index contributed by atoms with van der Waals surface area (Å²) < 4.78 is 0. The van der Waals surface area contributed by atoms with E-state index in [-0.39, 0.29) is 0 Å². The van der Waals surface area contributed by atoms with Crippen molar-refractivity contribution in [1.29, 1.82) is 0 Å². The Balaban J connectivity index is 0.000000291. The molecule has 0 bridgehead atoms. The first-order chi connectivity index (χ1) is 4.39. The molecule has 0 amide bonds. The van der Waals surface area contributed by atoms with Crippen molar-refractivity contribution in [3.8, 4) is 0 Å². The Bertz CT molecular complexity index is 56.9. The predicted molar refractivity (Wildman–Crippen MR) is 41.9 cm³/mol. The molecule has 1 aliphatic rings. The highest BCUT2D eigenvalue weighted by Gasteiger charge is 2.16. The van der Waals surface area contributed by atoms with Crippen LogP contribution in [0.1, 0.15) is 6.92 Å². The van der Waals surface area contributed by atoms with Crippen molar-refractivity contribution in [3.05, 3.63) is 0 Å². The molecule has 0 aromatic carbocycles. The molecular formula is C5H12ClMgN2+2. The normalized spacial score (nSPS) is 26.3. The van der Waals surface area contributed by atoms with Crippen LogP contribution in [0.25, 0.3) is 0 Å². The SMILES string of the molecule is CC1CNCCN1.[Mg+2][Cl]. The summed E-state index contributed by atoms with van der Waals surface area (Å²) in [5.74, 6) is 0. The number of hydrogen-bond acceptors (Lipinski definition) is 2. The molecular weight excluding hydrogens is 148 g/mol. The average molecular weight is 160 g/mol. The zero-order valence-electron chi connectivity index (χ0n) is 5.78. The van der Waals surface area contributed by atoms with Crippen molar-refractivity contribution >= 4 is 29.7 Å². The molecule has 1 atom stereocenters. The van der Waals surface area contributed by atoms with Gasteiger partial charge in [0.2, 0.25) is 0 Å². The van der Waals surface area contributed by atoms with Gasteiger partial charge in [-0.15, -0.1) is 0 Å². The fourth-order valence-corrected chi connectivity index (χ4v) is 0.798. The summed E-state index contributed by atoms with van der Waals surface area (Å²) in [6.07, 6.45) is 0. The fraction of sp³-hybridized carbons (Fsp3) is 1.00. The number of rotatable bonds is 0. The molecule has 1 unspecified atom stereocenters. The molecule has 1 rings (SSSR count). The molecule has 0 saturated carbocycles. The molecule has 9 heavy (non-hydrogen) atoms. The second-order valence-electron chi connectivity index (χ2n) is 2.06. The second kappa shape index (κ2) is 7.09. The third-order valence-electron chi connectivity index (χ3n) is 1.25. The lowest BCUT2D eigenvalue weighted by Crippen LogP contribution is -2.46. The van der Waals surface area contributed by atoms with Gasteiger partial charge in [0, 0.05) is 25.7 Å². The predicted octanol–water partition coefficient (Wildman–Crippen LogP) is -0.124. The van der Waals surface area contributed by atoms with Crippen LogP contribution in [-0.4, -0.2) is 46.3 Å². The Hall–Kier alpha value is 0.976. The molecule has 7 radical (unpaired) electrons.